The maximum Gasteiger partial charge on any atom is 0.254 e. The van der Waals surface area contributed by atoms with Crippen LogP contribution in [0.5, 0.6) is 0 Å². The van der Waals surface area contributed by atoms with Crippen molar-refractivity contribution in [2.45, 2.75) is 50.5 Å². The van der Waals surface area contributed by atoms with Gasteiger partial charge in [-0.3, -0.25) is 14.5 Å². The predicted octanol–water partition coefficient (Wildman–Crippen LogP) is 2.63. The second-order valence-electron chi connectivity index (χ2n) is 8.14. The van der Waals surface area contributed by atoms with Crippen molar-refractivity contribution in [3.8, 4) is 0 Å². The number of hydrogen-bond acceptors (Lipinski definition) is 4. The number of ether oxygens (including phenoxy) is 1. The van der Waals surface area contributed by atoms with Crippen molar-refractivity contribution in [1.82, 2.24) is 15.5 Å². The van der Waals surface area contributed by atoms with Crippen LogP contribution >= 0.6 is 0 Å². The third kappa shape index (κ3) is 5.98. The summed E-state index contributed by atoms with van der Waals surface area (Å²) in [5, 5.41) is 5.67. The fraction of sp³-hybridized carbons (Fsp3) is 0.636. The molecule has 3 rings (SSSR count). The molecule has 30 heavy (non-hydrogen) atoms. The van der Waals surface area contributed by atoms with E-state index in [1.54, 1.807) is 0 Å². The third-order valence-corrected chi connectivity index (χ3v) is 6.12. The van der Waals surface area contributed by atoms with Crippen LogP contribution in [0.15, 0.2) is 18.2 Å². The Kier molecular flexibility index (Phi) is 8.16. The van der Waals surface area contributed by atoms with Crippen LogP contribution in [-0.4, -0.2) is 61.6 Å². The highest BCUT2D eigenvalue weighted by Gasteiger charge is 2.38. The van der Waals surface area contributed by atoms with E-state index in [0.29, 0.717) is 19.0 Å². The van der Waals surface area contributed by atoms with E-state index < -0.39 is 17.5 Å². The van der Waals surface area contributed by atoms with Crippen LogP contribution in [0.1, 0.15) is 55.3 Å². The minimum atomic E-state index is -0.897. The molecule has 0 atom stereocenters. The van der Waals surface area contributed by atoms with Gasteiger partial charge >= 0.3 is 0 Å². The summed E-state index contributed by atoms with van der Waals surface area (Å²) in [6, 6.07) is 2.83. The van der Waals surface area contributed by atoms with E-state index in [1.807, 2.05) is 0 Å². The predicted molar refractivity (Wildman–Crippen MR) is 109 cm³/mol. The standard InChI is InChI=1S/C22H31F2N3O3/c23-17-6-7-18(19(24)15-17)21(29)25-10-4-5-20(28)26-16-22(8-2-1-3-9-22)27-11-13-30-14-12-27/h6-7,15H,1-5,8-14,16H2,(H,25,29)(H,26,28). The normalized spacial score (nSPS) is 19.3. The van der Waals surface area contributed by atoms with Gasteiger partial charge in [0.2, 0.25) is 5.91 Å². The van der Waals surface area contributed by atoms with Crippen molar-refractivity contribution in [2.24, 2.45) is 0 Å². The average molecular weight is 424 g/mol. The number of hydrogen-bond donors (Lipinski definition) is 2. The Balaban J connectivity index is 1.41. The minimum absolute atomic E-state index is 0.0199. The SMILES string of the molecule is O=C(CCCNC(=O)c1ccc(F)cc1F)NCC1(N2CCOCC2)CCCCC1. The van der Waals surface area contributed by atoms with Gasteiger partial charge in [-0.2, -0.15) is 0 Å². The highest BCUT2D eigenvalue weighted by molar-refractivity contribution is 5.94. The lowest BCUT2D eigenvalue weighted by molar-refractivity contribution is -0.122. The molecule has 1 aliphatic carbocycles. The van der Waals surface area contributed by atoms with E-state index in [4.69, 9.17) is 4.74 Å². The van der Waals surface area contributed by atoms with E-state index >= 15 is 0 Å². The number of nitrogens with zero attached hydrogens (tertiary/aromatic N) is 1. The number of carbonyl (C=O) groups excluding carboxylic acids is 2. The molecule has 2 aliphatic rings. The van der Waals surface area contributed by atoms with Crippen molar-refractivity contribution in [2.75, 3.05) is 39.4 Å². The van der Waals surface area contributed by atoms with Crippen LogP contribution in [0.4, 0.5) is 8.78 Å². The smallest absolute Gasteiger partial charge is 0.254 e. The summed E-state index contributed by atoms with van der Waals surface area (Å²) >= 11 is 0. The van der Waals surface area contributed by atoms with Crippen LogP contribution in [0.25, 0.3) is 0 Å². The van der Waals surface area contributed by atoms with E-state index in [1.165, 1.54) is 19.3 Å². The molecule has 0 radical (unpaired) electrons. The summed E-state index contributed by atoms with van der Waals surface area (Å²) < 4.78 is 32.0. The molecule has 6 nitrogen and oxygen atoms in total. The molecule has 1 aromatic carbocycles. The molecule has 166 valence electrons. The molecule has 0 spiro atoms. The number of amides is 2. The maximum atomic E-state index is 13.6. The number of morpholine rings is 1. The van der Waals surface area contributed by atoms with Gasteiger partial charge in [-0.1, -0.05) is 19.3 Å². The van der Waals surface area contributed by atoms with E-state index in [9.17, 15) is 18.4 Å². The first-order chi connectivity index (χ1) is 14.5. The number of carbonyl (C=O) groups is 2. The quantitative estimate of drug-likeness (QED) is 0.631. The van der Waals surface area contributed by atoms with Crippen LogP contribution in [0, 0.1) is 11.6 Å². The number of rotatable bonds is 8. The van der Waals surface area contributed by atoms with Gasteiger partial charge in [0.15, 0.2) is 0 Å². The molecule has 1 aliphatic heterocycles. The number of halogens is 2. The Morgan fingerprint density at radius 2 is 1.80 bits per heavy atom. The highest BCUT2D eigenvalue weighted by Crippen LogP contribution is 2.33. The second-order valence-corrected chi connectivity index (χ2v) is 8.14. The zero-order valence-corrected chi connectivity index (χ0v) is 17.4. The summed E-state index contributed by atoms with van der Waals surface area (Å²) in [7, 11) is 0. The van der Waals surface area contributed by atoms with Crippen molar-refractivity contribution in [3.63, 3.8) is 0 Å². The average Bonchev–Trinajstić information content (AvgIpc) is 2.76. The topological polar surface area (TPSA) is 70.7 Å². The van der Waals surface area contributed by atoms with E-state index in [-0.39, 0.29) is 30.0 Å². The van der Waals surface area contributed by atoms with Crippen molar-refractivity contribution in [3.05, 3.63) is 35.4 Å². The molecule has 2 amide bonds. The van der Waals surface area contributed by atoms with Gasteiger partial charge in [0.25, 0.3) is 5.91 Å². The Bertz CT molecular complexity index is 732. The summed E-state index contributed by atoms with van der Waals surface area (Å²) in [4.78, 5) is 26.8. The molecule has 1 aromatic rings. The number of benzene rings is 1. The van der Waals surface area contributed by atoms with Crippen molar-refractivity contribution < 1.29 is 23.1 Å². The second kappa shape index (κ2) is 10.8. The lowest BCUT2D eigenvalue weighted by Gasteiger charge is -2.48. The van der Waals surface area contributed by atoms with Crippen molar-refractivity contribution in [1.29, 1.82) is 0 Å². The maximum absolute atomic E-state index is 13.6. The molecular weight excluding hydrogens is 392 g/mol. The van der Waals surface area contributed by atoms with Gasteiger partial charge in [-0.05, 0) is 31.4 Å². The van der Waals surface area contributed by atoms with Crippen LogP contribution in [0.2, 0.25) is 0 Å². The van der Waals surface area contributed by atoms with Gasteiger partial charge in [-0.15, -0.1) is 0 Å². The fourth-order valence-electron chi connectivity index (χ4n) is 4.42. The first-order valence-corrected chi connectivity index (χ1v) is 10.8. The molecule has 0 bridgehead atoms. The van der Waals surface area contributed by atoms with Gasteiger partial charge in [-0.25, -0.2) is 8.78 Å². The summed E-state index contributed by atoms with van der Waals surface area (Å²) in [6.45, 7) is 4.18. The highest BCUT2D eigenvalue weighted by atomic mass is 19.1. The van der Waals surface area contributed by atoms with Crippen LogP contribution in [0.3, 0.4) is 0 Å². The lowest BCUT2D eigenvalue weighted by atomic mass is 9.79. The molecule has 2 fully saturated rings. The monoisotopic (exact) mass is 423 g/mol. The Labute approximate surface area is 176 Å². The largest absolute Gasteiger partial charge is 0.379 e. The van der Waals surface area contributed by atoms with E-state index in [0.717, 1.165) is 51.3 Å². The third-order valence-electron chi connectivity index (χ3n) is 6.12. The molecule has 1 heterocycles. The molecule has 1 saturated carbocycles. The van der Waals surface area contributed by atoms with Gasteiger partial charge in [0, 0.05) is 44.2 Å². The number of nitrogens with one attached hydrogen (secondary N) is 2. The molecule has 0 aromatic heterocycles. The van der Waals surface area contributed by atoms with E-state index in [2.05, 4.69) is 15.5 Å². The Morgan fingerprint density at radius 3 is 2.50 bits per heavy atom. The first kappa shape index (κ1) is 22.6. The molecule has 1 saturated heterocycles. The summed E-state index contributed by atoms with van der Waals surface area (Å²) in [6.07, 6.45) is 6.52. The lowest BCUT2D eigenvalue weighted by Crippen LogP contribution is -2.59. The zero-order valence-electron chi connectivity index (χ0n) is 17.4. The minimum Gasteiger partial charge on any atom is -0.379 e. The summed E-state index contributed by atoms with van der Waals surface area (Å²) in [5.74, 6) is -2.28. The van der Waals surface area contributed by atoms with Crippen LogP contribution in [-0.2, 0) is 9.53 Å². The molecular formula is C22H31F2N3O3. The zero-order chi connectivity index (χ0) is 21.4. The summed E-state index contributed by atoms with van der Waals surface area (Å²) in [5.41, 5.74) is -0.183. The molecule has 0 unspecified atom stereocenters. The Morgan fingerprint density at radius 1 is 1.07 bits per heavy atom. The van der Waals surface area contributed by atoms with Gasteiger partial charge < -0.3 is 15.4 Å². The van der Waals surface area contributed by atoms with Gasteiger partial charge in [0.05, 0.1) is 18.8 Å². The fourth-order valence-corrected chi connectivity index (χ4v) is 4.42. The molecule has 8 heteroatoms. The first-order valence-electron chi connectivity index (χ1n) is 10.8. The van der Waals surface area contributed by atoms with Crippen LogP contribution < -0.4 is 10.6 Å². The van der Waals surface area contributed by atoms with Crippen molar-refractivity contribution >= 4 is 11.8 Å². The Hall–Kier alpha value is -2.06. The molecule has 2 N–H and O–H groups in total. The van der Waals surface area contributed by atoms with Gasteiger partial charge in [0.1, 0.15) is 11.6 Å².